The highest BCUT2D eigenvalue weighted by molar-refractivity contribution is 5.95. The van der Waals surface area contributed by atoms with Gasteiger partial charge in [-0.1, -0.05) is 6.07 Å². The van der Waals surface area contributed by atoms with Gasteiger partial charge in [-0.2, -0.15) is 0 Å². The third kappa shape index (κ3) is 4.75. The highest BCUT2D eigenvalue weighted by Gasteiger charge is 2.25. The molecule has 0 bridgehead atoms. The van der Waals surface area contributed by atoms with Crippen molar-refractivity contribution >= 4 is 23.7 Å². The van der Waals surface area contributed by atoms with Crippen LogP contribution in [0.15, 0.2) is 24.3 Å². The Labute approximate surface area is 120 Å². The van der Waals surface area contributed by atoms with Crippen LogP contribution in [0.25, 0.3) is 0 Å². The summed E-state index contributed by atoms with van der Waals surface area (Å²) < 4.78 is 13.2. The fourth-order valence-electron chi connectivity index (χ4n) is 1.69. The molecule has 0 saturated carbocycles. The molecule has 0 spiro atoms. The van der Waals surface area contributed by atoms with Crippen molar-refractivity contribution in [3.63, 3.8) is 0 Å². The molecule has 1 aromatic rings. The standard InChI is InChI=1S/C13H15FN2O5/c1-2-16(9-5-3-4-8(14)6-9)13(21)15-10(12(19)20)7-11(17)18/h3-6,10H,2,7H2,1H3,(H,15,21)(H,17,18)(H,19,20)/t10-/m0/s1. The monoisotopic (exact) mass is 298 g/mol. The zero-order chi connectivity index (χ0) is 16.0. The maximum Gasteiger partial charge on any atom is 0.326 e. The highest BCUT2D eigenvalue weighted by atomic mass is 19.1. The number of carboxylic acid groups (broad SMARTS) is 2. The summed E-state index contributed by atoms with van der Waals surface area (Å²) in [6, 6.07) is 2.86. The van der Waals surface area contributed by atoms with Gasteiger partial charge in [0.05, 0.1) is 6.42 Å². The summed E-state index contributed by atoms with van der Waals surface area (Å²) >= 11 is 0. The molecule has 2 amide bonds. The van der Waals surface area contributed by atoms with Gasteiger partial charge in [0.1, 0.15) is 11.9 Å². The molecule has 114 valence electrons. The van der Waals surface area contributed by atoms with Crippen molar-refractivity contribution in [2.75, 3.05) is 11.4 Å². The summed E-state index contributed by atoms with van der Waals surface area (Å²) in [7, 11) is 0. The minimum Gasteiger partial charge on any atom is -0.481 e. The van der Waals surface area contributed by atoms with Crippen LogP contribution in [-0.4, -0.2) is 40.8 Å². The van der Waals surface area contributed by atoms with Crippen LogP contribution < -0.4 is 10.2 Å². The fourth-order valence-corrected chi connectivity index (χ4v) is 1.69. The average molecular weight is 298 g/mol. The van der Waals surface area contributed by atoms with Gasteiger partial charge in [0, 0.05) is 12.2 Å². The Morgan fingerprint density at radius 2 is 2.00 bits per heavy atom. The van der Waals surface area contributed by atoms with Crippen molar-refractivity contribution in [2.24, 2.45) is 0 Å². The van der Waals surface area contributed by atoms with E-state index >= 15 is 0 Å². The summed E-state index contributed by atoms with van der Waals surface area (Å²) in [4.78, 5) is 34.6. The van der Waals surface area contributed by atoms with E-state index in [2.05, 4.69) is 5.32 Å². The Kier molecular flexibility index (Phi) is 5.65. The summed E-state index contributed by atoms with van der Waals surface area (Å²) in [5.41, 5.74) is 0.245. The van der Waals surface area contributed by atoms with E-state index in [0.29, 0.717) is 0 Å². The van der Waals surface area contributed by atoms with Crippen molar-refractivity contribution < 1.29 is 29.0 Å². The number of halogens is 1. The molecule has 1 aromatic carbocycles. The van der Waals surface area contributed by atoms with Crippen LogP contribution in [0.1, 0.15) is 13.3 Å². The predicted molar refractivity (Wildman–Crippen MR) is 71.6 cm³/mol. The first-order valence-electron chi connectivity index (χ1n) is 6.13. The van der Waals surface area contributed by atoms with E-state index in [4.69, 9.17) is 10.2 Å². The quantitative estimate of drug-likeness (QED) is 0.733. The summed E-state index contributed by atoms with van der Waals surface area (Å²) in [6.45, 7) is 1.78. The van der Waals surface area contributed by atoms with Crippen molar-refractivity contribution in [3.8, 4) is 0 Å². The molecule has 0 fully saturated rings. The molecule has 0 radical (unpaired) electrons. The number of carboxylic acids is 2. The van der Waals surface area contributed by atoms with Crippen LogP contribution in [0.2, 0.25) is 0 Å². The molecule has 0 aromatic heterocycles. The molecule has 0 unspecified atom stereocenters. The fraction of sp³-hybridized carbons (Fsp3) is 0.308. The number of carbonyl (C=O) groups is 3. The van der Waals surface area contributed by atoms with Crippen molar-refractivity contribution in [1.29, 1.82) is 0 Å². The molecule has 0 saturated heterocycles. The molecule has 1 atom stereocenters. The molecule has 8 heteroatoms. The normalized spacial score (nSPS) is 11.5. The number of carbonyl (C=O) groups excluding carboxylic acids is 1. The van der Waals surface area contributed by atoms with Gasteiger partial charge in [-0.3, -0.25) is 9.69 Å². The molecule has 0 aliphatic carbocycles. The van der Waals surface area contributed by atoms with Crippen LogP contribution in [0.3, 0.4) is 0 Å². The van der Waals surface area contributed by atoms with E-state index in [1.807, 2.05) is 0 Å². The first-order chi connectivity index (χ1) is 9.85. The van der Waals surface area contributed by atoms with Gasteiger partial charge < -0.3 is 15.5 Å². The molecule has 7 nitrogen and oxygen atoms in total. The Balaban J connectivity index is 2.88. The van der Waals surface area contributed by atoms with Crippen LogP contribution >= 0.6 is 0 Å². The van der Waals surface area contributed by atoms with Gasteiger partial charge >= 0.3 is 18.0 Å². The maximum atomic E-state index is 13.2. The van der Waals surface area contributed by atoms with Gasteiger partial charge in [0.15, 0.2) is 0 Å². The third-order valence-corrected chi connectivity index (χ3v) is 2.66. The van der Waals surface area contributed by atoms with Crippen molar-refractivity contribution in [2.45, 2.75) is 19.4 Å². The topological polar surface area (TPSA) is 107 Å². The van der Waals surface area contributed by atoms with Crippen LogP contribution in [-0.2, 0) is 9.59 Å². The lowest BCUT2D eigenvalue weighted by Crippen LogP contribution is -2.49. The second-order valence-electron chi connectivity index (χ2n) is 4.16. The molecule has 0 aliphatic heterocycles. The van der Waals surface area contributed by atoms with Crippen molar-refractivity contribution in [1.82, 2.24) is 5.32 Å². The lowest BCUT2D eigenvalue weighted by Gasteiger charge is -2.23. The molecule has 0 heterocycles. The molecule has 21 heavy (non-hydrogen) atoms. The number of amides is 2. The summed E-state index contributed by atoms with van der Waals surface area (Å²) in [5.74, 6) is -3.35. The molecule has 0 aliphatic rings. The largest absolute Gasteiger partial charge is 0.481 e. The minimum atomic E-state index is -1.56. The SMILES string of the molecule is CCN(C(=O)N[C@@H](CC(=O)O)C(=O)O)c1cccc(F)c1. The first kappa shape index (κ1) is 16.4. The lowest BCUT2D eigenvalue weighted by molar-refractivity contribution is -0.145. The van der Waals surface area contributed by atoms with Gasteiger partial charge in [0.25, 0.3) is 0 Å². The number of urea groups is 1. The number of aliphatic carboxylic acids is 2. The van der Waals surface area contributed by atoms with E-state index in [9.17, 15) is 18.8 Å². The van der Waals surface area contributed by atoms with Gasteiger partial charge in [-0.15, -0.1) is 0 Å². The van der Waals surface area contributed by atoms with Crippen molar-refractivity contribution in [3.05, 3.63) is 30.1 Å². The maximum absolute atomic E-state index is 13.2. The lowest BCUT2D eigenvalue weighted by atomic mass is 10.2. The number of nitrogens with zero attached hydrogens (tertiary/aromatic N) is 1. The number of anilines is 1. The number of nitrogens with one attached hydrogen (secondary N) is 1. The average Bonchev–Trinajstić information content (AvgIpc) is 2.38. The zero-order valence-electron chi connectivity index (χ0n) is 11.2. The molecular weight excluding hydrogens is 283 g/mol. The smallest absolute Gasteiger partial charge is 0.326 e. The van der Waals surface area contributed by atoms with Crippen LogP contribution in [0.4, 0.5) is 14.9 Å². The highest BCUT2D eigenvalue weighted by Crippen LogP contribution is 2.15. The van der Waals surface area contributed by atoms with E-state index in [-0.39, 0.29) is 12.2 Å². The molecule has 1 rings (SSSR count). The third-order valence-electron chi connectivity index (χ3n) is 2.66. The van der Waals surface area contributed by atoms with E-state index in [1.165, 1.54) is 18.2 Å². The summed E-state index contributed by atoms with van der Waals surface area (Å²) in [6.07, 6.45) is -0.748. The Morgan fingerprint density at radius 3 is 2.48 bits per heavy atom. The first-order valence-corrected chi connectivity index (χ1v) is 6.13. The Hall–Kier alpha value is -2.64. The predicted octanol–water partition coefficient (Wildman–Crippen LogP) is 1.29. The second-order valence-corrected chi connectivity index (χ2v) is 4.16. The van der Waals surface area contributed by atoms with Crippen LogP contribution in [0.5, 0.6) is 0 Å². The number of benzene rings is 1. The van der Waals surface area contributed by atoms with Crippen LogP contribution in [0, 0.1) is 5.82 Å². The molecule has 3 N–H and O–H groups in total. The Morgan fingerprint density at radius 1 is 1.33 bits per heavy atom. The number of hydrogen-bond donors (Lipinski definition) is 3. The number of rotatable bonds is 6. The molecular formula is C13H15FN2O5. The van der Waals surface area contributed by atoms with Gasteiger partial charge in [-0.25, -0.2) is 14.0 Å². The number of hydrogen-bond acceptors (Lipinski definition) is 3. The van der Waals surface area contributed by atoms with E-state index < -0.39 is 36.2 Å². The Bertz CT molecular complexity index is 549. The van der Waals surface area contributed by atoms with Gasteiger partial charge in [0.2, 0.25) is 0 Å². The zero-order valence-corrected chi connectivity index (χ0v) is 11.2. The van der Waals surface area contributed by atoms with E-state index in [0.717, 1.165) is 11.0 Å². The van der Waals surface area contributed by atoms with E-state index in [1.54, 1.807) is 6.92 Å². The van der Waals surface area contributed by atoms with Gasteiger partial charge in [-0.05, 0) is 25.1 Å². The summed E-state index contributed by atoms with van der Waals surface area (Å²) in [5, 5.41) is 19.6. The minimum absolute atomic E-state index is 0.161. The second kappa shape index (κ2) is 7.22.